The summed E-state index contributed by atoms with van der Waals surface area (Å²) in [6, 6.07) is 14.2. The molecule has 1 amide bonds. The zero-order valence-electron chi connectivity index (χ0n) is 14.2. The zero-order chi connectivity index (χ0) is 16.7. The summed E-state index contributed by atoms with van der Waals surface area (Å²) < 4.78 is 0. The SMILES string of the molecule is CCN(CC)C(=O)c1cc(N(CC)Cc2ccccc2)ccn1. The minimum atomic E-state index is -0.00684. The summed E-state index contributed by atoms with van der Waals surface area (Å²) in [5, 5.41) is 0. The van der Waals surface area contributed by atoms with Gasteiger partial charge >= 0.3 is 0 Å². The Morgan fingerprint density at radius 1 is 1.00 bits per heavy atom. The van der Waals surface area contributed by atoms with Gasteiger partial charge in [0, 0.05) is 38.1 Å². The number of amides is 1. The molecule has 122 valence electrons. The summed E-state index contributed by atoms with van der Waals surface area (Å²) in [5.41, 5.74) is 2.79. The molecule has 0 aliphatic carbocycles. The highest BCUT2D eigenvalue weighted by Gasteiger charge is 2.15. The van der Waals surface area contributed by atoms with Gasteiger partial charge in [0.1, 0.15) is 5.69 Å². The van der Waals surface area contributed by atoms with E-state index in [9.17, 15) is 4.79 Å². The van der Waals surface area contributed by atoms with Crippen molar-refractivity contribution in [2.75, 3.05) is 24.5 Å². The van der Waals surface area contributed by atoms with Crippen molar-refractivity contribution in [3.05, 3.63) is 59.9 Å². The van der Waals surface area contributed by atoms with Gasteiger partial charge in [-0.25, -0.2) is 0 Å². The summed E-state index contributed by atoms with van der Waals surface area (Å²) in [6.07, 6.45) is 1.72. The maximum atomic E-state index is 12.5. The Balaban J connectivity index is 2.21. The molecular formula is C19H25N3O. The summed E-state index contributed by atoms with van der Waals surface area (Å²) in [5.74, 6) is -0.00684. The first kappa shape index (κ1) is 17.0. The van der Waals surface area contributed by atoms with Gasteiger partial charge in [0.2, 0.25) is 0 Å². The first-order chi connectivity index (χ1) is 11.2. The third-order valence-electron chi connectivity index (χ3n) is 3.98. The van der Waals surface area contributed by atoms with Crippen LogP contribution in [-0.2, 0) is 6.54 Å². The first-order valence-corrected chi connectivity index (χ1v) is 8.23. The topological polar surface area (TPSA) is 36.4 Å². The van der Waals surface area contributed by atoms with Crippen molar-refractivity contribution < 1.29 is 4.79 Å². The average Bonchev–Trinajstić information content (AvgIpc) is 2.61. The third kappa shape index (κ3) is 4.31. The molecule has 0 saturated carbocycles. The molecule has 0 aliphatic heterocycles. The van der Waals surface area contributed by atoms with Crippen LogP contribution in [0, 0.1) is 0 Å². The predicted octanol–water partition coefficient (Wildman–Crippen LogP) is 3.59. The number of hydrogen-bond donors (Lipinski definition) is 0. The maximum Gasteiger partial charge on any atom is 0.272 e. The molecule has 0 N–H and O–H groups in total. The maximum absolute atomic E-state index is 12.5. The van der Waals surface area contributed by atoms with Gasteiger partial charge in [-0.3, -0.25) is 9.78 Å². The highest BCUT2D eigenvalue weighted by Crippen LogP contribution is 2.18. The molecule has 0 fully saturated rings. The van der Waals surface area contributed by atoms with Crippen LogP contribution in [0.4, 0.5) is 5.69 Å². The Kier molecular flexibility index (Phi) is 6.15. The standard InChI is InChI=1S/C19H25N3O/c1-4-21(5-2)19(23)18-14-17(12-13-20-18)22(6-3)15-16-10-8-7-9-11-16/h7-14H,4-6,15H2,1-3H3. The molecule has 1 aromatic carbocycles. The number of rotatable bonds is 7. The van der Waals surface area contributed by atoms with Crippen molar-refractivity contribution in [1.82, 2.24) is 9.88 Å². The van der Waals surface area contributed by atoms with E-state index in [0.717, 1.165) is 18.8 Å². The monoisotopic (exact) mass is 311 g/mol. The number of pyridine rings is 1. The van der Waals surface area contributed by atoms with Gasteiger partial charge in [0.25, 0.3) is 5.91 Å². The largest absolute Gasteiger partial charge is 0.367 e. The molecule has 4 heteroatoms. The second-order valence-corrected chi connectivity index (χ2v) is 5.38. The van der Waals surface area contributed by atoms with Crippen LogP contribution in [0.3, 0.4) is 0 Å². The zero-order valence-corrected chi connectivity index (χ0v) is 14.2. The van der Waals surface area contributed by atoms with Crippen molar-refractivity contribution in [2.24, 2.45) is 0 Å². The molecule has 2 aromatic rings. The van der Waals surface area contributed by atoms with Gasteiger partial charge in [0.15, 0.2) is 0 Å². The molecule has 0 radical (unpaired) electrons. The van der Waals surface area contributed by atoms with Gasteiger partial charge in [-0.1, -0.05) is 30.3 Å². The summed E-state index contributed by atoms with van der Waals surface area (Å²) in [4.78, 5) is 20.8. The van der Waals surface area contributed by atoms with E-state index >= 15 is 0 Å². The second-order valence-electron chi connectivity index (χ2n) is 5.38. The Morgan fingerprint density at radius 2 is 1.70 bits per heavy atom. The van der Waals surface area contributed by atoms with Crippen molar-refractivity contribution in [2.45, 2.75) is 27.3 Å². The highest BCUT2D eigenvalue weighted by atomic mass is 16.2. The molecule has 0 atom stereocenters. The van der Waals surface area contributed by atoms with Gasteiger partial charge in [-0.15, -0.1) is 0 Å². The molecule has 0 unspecified atom stereocenters. The van der Waals surface area contributed by atoms with Crippen LogP contribution in [0.25, 0.3) is 0 Å². The van der Waals surface area contributed by atoms with Crippen molar-refractivity contribution in [1.29, 1.82) is 0 Å². The van der Waals surface area contributed by atoms with Crippen molar-refractivity contribution in [3.8, 4) is 0 Å². The lowest BCUT2D eigenvalue weighted by Gasteiger charge is -2.24. The molecule has 0 bridgehead atoms. The van der Waals surface area contributed by atoms with E-state index in [-0.39, 0.29) is 5.91 Å². The van der Waals surface area contributed by atoms with Crippen LogP contribution in [0.1, 0.15) is 36.8 Å². The number of carbonyl (C=O) groups is 1. The molecule has 0 saturated heterocycles. The molecule has 1 heterocycles. The van der Waals surface area contributed by atoms with Gasteiger partial charge < -0.3 is 9.80 Å². The third-order valence-corrected chi connectivity index (χ3v) is 3.98. The van der Waals surface area contributed by atoms with Crippen LogP contribution in [0.2, 0.25) is 0 Å². The van der Waals surface area contributed by atoms with E-state index in [0.29, 0.717) is 18.8 Å². The fourth-order valence-corrected chi connectivity index (χ4v) is 2.60. The predicted molar refractivity (Wildman–Crippen MR) is 94.7 cm³/mol. The van der Waals surface area contributed by atoms with E-state index in [1.165, 1.54) is 5.56 Å². The quantitative estimate of drug-likeness (QED) is 0.784. The Morgan fingerprint density at radius 3 is 2.30 bits per heavy atom. The van der Waals surface area contributed by atoms with E-state index in [1.807, 2.05) is 44.2 Å². The van der Waals surface area contributed by atoms with E-state index < -0.39 is 0 Å². The van der Waals surface area contributed by atoms with Crippen molar-refractivity contribution in [3.63, 3.8) is 0 Å². The minimum Gasteiger partial charge on any atom is -0.367 e. The van der Waals surface area contributed by atoms with Crippen molar-refractivity contribution >= 4 is 11.6 Å². The summed E-state index contributed by atoms with van der Waals surface area (Å²) >= 11 is 0. The van der Waals surface area contributed by atoms with E-state index in [4.69, 9.17) is 0 Å². The van der Waals surface area contributed by atoms with Gasteiger partial charge in [0.05, 0.1) is 0 Å². The molecular weight excluding hydrogens is 286 g/mol. The van der Waals surface area contributed by atoms with Gasteiger partial charge in [-0.2, -0.15) is 0 Å². The molecule has 23 heavy (non-hydrogen) atoms. The lowest BCUT2D eigenvalue weighted by Crippen LogP contribution is -2.31. The fraction of sp³-hybridized carbons (Fsp3) is 0.368. The lowest BCUT2D eigenvalue weighted by atomic mass is 10.2. The number of aromatic nitrogens is 1. The fourth-order valence-electron chi connectivity index (χ4n) is 2.60. The second kappa shape index (κ2) is 8.32. The molecule has 0 spiro atoms. The average molecular weight is 311 g/mol. The lowest BCUT2D eigenvalue weighted by molar-refractivity contribution is 0.0767. The normalized spacial score (nSPS) is 10.4. The number of anilines is 1. The molecule has 1 aromatic heterocycles. The Labute approximate surface area is 138 Å². The summed E-state index contributed by atoms with van der Waals surface area (Å²) in [7, 11) is 0. The minimum absolute atomic E-state index is 0.00684. The Bertz CT molecular complexity index is 624. The van der Waals surface area contributed by atoms with E-state index in [2.05, 4.69) is 28.9 Å². The van der Waals surface area contributed by atoms with Gasteiger partial charge in [-0.05, 0) is 38.5 Å². The number of carbonyl (C=O) groups excluding carboxylic acids is 1. The Hall–Kier alpha value is -2.36. The molecule has 4 nitrogen and oxygen atoms in total. The smallest absolute Gasteiger partial charge is 0.272 e. The van der Waals surface area contributed by atoms with Crippen LogP contribution >= 0.6 is 0 Å². The summed E-state index contributed by atoms with van der Waals surface area (Å²) in [6.45, 7) is 9.18. The molecule has 2 rings (SSSR count). The van der Waals surface area contributed by atoms with Crippen LogP contribution in [-0.4, -0.2) is 35.4 Å². The van der Waals surface area contributed by atoms with Crippen LogP contribution in [0.5, 0.6) is 0 Å². The number of hydrogen-bond acceptors (Lipinski definition) is 3. The van der Waals surface area contributed by atoms with Crippen LogP contribution in [0.15, 0.2) is 48.7 Å². The highest BCUT2D eigenvalue weighted by molar-refractivity contribution is 5.93. The van der Waals surface area contributed by atoms with Crippen LogP contribution < -0.4 is 4.90 Å². The molecule has 0 aliphatic rings. The van der Waals surface area contributed by atoms with E-state index in [1.54, 1.807) is 11.1 Å². The number of nitrogens with zero attached hydrogens (tertiary/aromatic N) is 3. The first-order valence-electron chi connectivity index (χ1n) is 8.23. The number of benzene rings is 1.